The number of hydrogen-bond acceptors (Lipinski definition) is 2. The quantitative estimate of drug-likeness (QED) is 0.732. The molecule has 0 amide bonds. The Bertz CT molecular complexity index is 543. The fourth-order valence-electron chi connectivity index (χ4n) is 2.15. The van der Waals surface area contributed by atoms with Crippen molar-refractivity contribution in [1.82, 2.24) is 9.97 Å². The second-order valence-electron chi connectivity index (χ2n) is 4.25. The number of aromatic nitrogens is 2. The SMILES string of the molecule is Cc1ccc2c(c1)OCCc1[nH]c(C)nc1-2. The van der Waals surface area contributed by atoms with Crippen molar-refractivity contribution in [3.05, 3.63) is 35.3 Å². The Morgan fingerprint density at radius 3 is 3.06 bits per heavy atom. The van der Waals surface area contributed by atoms with E-state index in [1.807, 2.05) is 6.92 Å². The van der Waals surface area contributed by atoms with Gasteiger partial charge in [-0.2, -0.15) is 0 Å². The molecule has 1 aromatic carbocycles. The second kappa shape index (κ2) is 3.37. The molecule has 0 saturated carbocycles. The number of benzene rings is 1. The van der Waals surface area contributed by atoms with Gasteiger partial charge in [0.05, 0.1) is 12.3 Å². The normalized spacial score (nSPS) is 13.6. The number of aryl methyl sites for hydroxylation is 2. The fourth-order valence-corrected chi connectivity index (χ4v) is 2.15. The van der Waals surface area contributed by atoms with Crippen LogP contribution in [0.5, 0.6) is 5.75 Å². The molecule has 0 spiro atoms. The van der Waals surface area contributed by atoms with Crippen molar-refractivity contribution < 1.29 is 4.74 Å². The first-order chi connectivity index (χ1) is 7.74. The van der Waals surface area contributed by atoms with Gasteiger partial charge in [0.2, 0.25) is 0 Å². The highest BCUT2D eigenvalue weighted by atomic mass is 16.5. The van der Waals surface area contributed by atoms with E-state index in [-0.39, 0.29) is 0 Å². The molecule has 2 heterocycles. The average molecular weight is 214 g/mol. The molecular formula is C13H14N2O. The minimum atomic E-state index is 0.713. The molecule has 1 aromatic heterocycles. The first-order valence-electron chi connectivity index (χ1n) is 5.53. The summed E-state index contributed by atoms with van der Waals surface area (Å²) in [5.41, 5.74) is 4.54. The molecular weight excluding hydrogens is 200 g/mol. The van der Waals surface area contributed by atoms with Crippen LogP contribution in [-0.2, 0) is 6.42 Å². The lowest BCUT2D eigenvalue weighted by Gasteiger charge is -2.07. The first-order valence-corrected chi connectivity index (χ1v) is 5.53. The Balaban J connectivity index is 2.24. The standard InChI is InChI=1S/C13H14N2O/c1-8-3-4-10-12(7-8)16-6-5-11-13(10)15-9(2)14-11/h3-4,7H,5-6H2,1-2H3,(H,14,15). The molecule has 1 aliphatic heterocycles. The van der Waals surface area contributed by atoms with Crippen LogP contribution in [0.1, 0.15) is 17.1 Å². The van der Waals surface area contributed by atoms with Crippen LogP contribution in [-0.4, -0.2) is 16.6 Å². The summed E-state index contributed by atoms with van der Waals surface area (Å²) in [5, 5.41) is 0. The molecule has 0 aliphatic carbocycles. The zero-order valence-corrected chi connectivity index (χ0v) is 9.50. The summed E-state index contributed by atoms with van der Waals surface area (Å²) in [7, 11) is 0. The number of rotatable bonds is 0. The van der Waals surface area contributed by atoms with Gasteiger partial charge in [-0.15, -0.1) is 0 Å². The molecule has 0 unspecified atom stereocenters. The number of ether oxygens (including phenoxy) is 1. The van der Waals surface area contributed by atoms with Gasteiger partial charge in [0.1, 0.15) is 11.6 Å². The monoisotopic (exact) mass is 214 g/mol. The Morgan fingerprint density at radius 1 is 1.31 bits per heavy atom. The smallest absolute Gasteiger partial charge is 0.129 e. The molecule has 3 nitrogen and oxygen atoms in total. The van der Waals surface area contributed by atoms with E-state index in [4.69, 9.17) is 4.74 Å². The maximum atomic E-state index is 5.75. The summed E-state index contributed by atoms with van der Waals surface area (Å²) in [4.78, 5) is 7.85. The molecule has 82 valence electrons. The van der Waals surface area contributed by atoms with E-state index in [2.05, 4.69) is 35.1 Å². The average Bonchev–Trinajstić information content (AvgIpc) is 2.52. The van der Waals surface area contributed by atoms with E-state index in [0.29, 0.717) is 6.61 Å². The summed E-state index contributed by atoms with van der Waals surface area (Å²) >= 11 is 0. The highest BCUT2D eigenvalue weighted by molar-refractivity contribution is 5.70. The van der Waals surface area contributed by atoms with Gasteiger partial charge in [-0.1, -0.05) is 6.07 Å². The lowest BCUT2D eigenvalue weighted by molar-refractivity contribution is 0.325. The molecule has 0 radical (unpaired) electrons. The van der Waals surface area contributed by atoms with Crippen LogP contribution < -0.4 is 4.74 Å². The van der Waals surface area contributed by atoms with Crippen molar-refractivity contribution in [1.29, 1.82) is 0 Å². The molecule has 1 N–H and O–H groups in total. The molecule has 0 bridgehead atoms. The molecule has 0 saturated heterocycles. The molecule has 3 heteroatoms. The van der Waals surface area contributed by atoms with Gasteiger partial charge >= 0.3 is 0 Å². The van der Waals surface area contributed by atoms with Gasteiger partial charge in [-0.3, -0.25) is 0 Å². The minimum absolute atomic E-state index is 0.713. The van der Waals surface area contributed by atoms with E-state index in [0.717, 1.165) is 29.3 Å². The van der Waals surface area contributed by atoms with Gasteiger partial charge in [0.15, 0.2) is 0 Å². The van der Waals surface area contributed by atoms with Crippen LogP contribution >= 0.6 is 0 Å². The summed E-state index contributed by atoms with van der Waals surface area (Å²) in [6, 6.07) is 6.27. The summed E-state index contributed by atoms with van der Waals surface area (Å²) in [6.45, 7) is 4.78. The van der Waals surface area contributed by atoms with Gasteiger partial charge in [0.25, 0.3) is 0 Å². The summed E-state index contributed by atoms with van der Waals surface area (Å²) < 4.78 is 5.75. The number of hydrogen-bond donors (Lipinski definition) is 1. The third kappa shape index (κ3) is 1.40. The van der Waals surface area contributed by atoms with Gasteiger partial charge < -0.3 is 9.72 Å². The van der Waals surface area contributed by atoms with Gasteiger partial charge in [-0.05, 0) is 31.5 Å². The predicted molar refractivity (Wildman–Crippen MR) is 62.7 cm³/mol. The van der Waals surface area contributed by atoms with Crippen LogP contribution in [0.3, 0.4) is 0 Å². The van der Waals surface area contributed by atoms with E-state index < -0.39 is 0 Å². The fraction of sp³-hybridized carbons (Fsp3) is 0.308. The maximum absolute atomic E-state index is 5.75. The van der Waals surface area contributed by atoms with Crippen LogP contribution in [0, 0.1) is 13.8 Å². The van der Waals surface area contributed by atoms with Crippen molar-refractivity contribution in [2.24, 2.45) is 0 Å². The molecule has 1 aliphatic rings. The molecule has 0 atom stereocenters. The van der Waals surface area contributed by atoms with E-state index in [1.165, 1.54) is 11.3 Å². The van der Waals surface area contributed by atoms with Crippen molar-refractivity contribution >= 4 is 0 Å². The minimum Gasteiger partial charge on any atom is -0.492 e. The number of imidazole rings is 1. The third-order valence-electron chi connectivity index (χ3n) is 2.90. The number of nitrogens with one attached hydrogen (secondary N) is 1. The topological polar surface area (TPSA) is 37.9 Å². The summed E-state index contributed by atoms with van der Waals surface area (Å²) in [5.74, 6) is 1.92. The van der Waals surface area contributed by atoms with Gasteiger partial charge in [0, 0.05) is 17.7 Å². The van der Waals surface area contributed by atoms with Crippen molar-refractivity contribution in [3.8, 4) is 17.0 Å². The Hall–Kier alpha value is -1.77. The molecule has 16 heavy (non-hydrogen) atoms. The summed E-state index contributed by atoms with van der Waals surface area (Å²) in [6.07, 6.45) is 0.893. The highest BCUT2D eigenvalue weighted by Gasteiger charge is 2.18. The lowest BCUT2D eigenvalue weighted by Crippen LogP contribution is -1.99. The van der Waals surface area contributed by atoms with Gasteiger partial charge in [-0.25, -0.2) is 4.98 Å². The second-order valence-corrected chi connectivity index (χ2v) is 4.25. The highest BCUT2D eigenvalue weighted by Crippen LogP contribution is 2.34. The largest absolute Gasteiger partial charge is 0.492 e. The number of H-pyrrole nitrogens is 1. The van der Waals surface area contributed by atoms with Crippen molar-refractivity contribution in [2.45, 2.75) is 20.3 Å². The number of nitrogens with zero attached hydrogens (tertiary/aromatic N) is 1. The third-order valence-corrected chi connectivity index (χ3v) is 2.90. The zero-order valence-electron chi connectivity index (χ0n) is 9.50. The Labute approximate surface area is 94.5 Å². The number of aromatic amines is 1. The van der Waals surface area contributed by atoms with E-state index in [9.17, 15) is 0 Å². The zero-order chi connectivity index (χ0) is 11.1. The van der Waals surface area contributed by atoms with E-state index in [1.54, 1.807) is 0 Å². The number of fused-ring (bicyclic) bond motifs is 3. The maximum Gasteiger partial charge on any atom is 0.129 e. The molecule has 3 rings (SSSR count). The van der Waals surface area contributed by atoms with Crippen molar-refractivity contribution in [2.75, 3.05) is 6.61 Å². The lowest BCUT2D eigenvalue weighted by atomic mass is 10.1. The van der Waals surface area contributed by atoms with Crippen molar-refractivity contribution in [3.63, 3.8) is 0 Å². The van der Waals surface area contributed by atoms with Crippen LogP contribution in [0.25, 0.3) is 11.3 Å². The first kappa shape index (κ1) is 9.46. The predicted octanol–water partition coefficient (Wildman–Crippen LogP) is 2.63. The van der Waals surface area contributed by atoms with Crippen LogP contribution in [0.2, 0.25) is 0 Å². The Kier molecular flexibility index (Phi) is 1.99. The van der Waals surface area contributed by atoms with E-state index >= 15 is 0 Å². The molecule has 2 aromatic rings. The van der Waals surface area contributed by atoms with Crippen LogP contribution in [0.15, 0.2) is 18.2 Å². The molecule has 0 fully saturated rings. The Morgan fingerprint density at radius 2 is 2.19 bits per heavy atom. The van der Waals surface area contributed by atoms with Crippen LogP contribution in [0.4, 0.5) is 0 Å².